The van der Waals surface area contributed by atoms with Crippen LogP contribution < -0.4 is 0 Å². The first-order valence-corrected chi connectivity index (χ1v) is 9.74. The number of carbonyl (C=O) groups is 1. The average molecular weight is 336 g/mol. The van der Waals surface area contributed by atoms with Crippen molar-refractivity contribution in [1.29, 1.82) is 0 Å². The number of rotatable bonds is 1. The summed E-state index contributed by atoms with van der Waals surface area (Å²) < 4.78 is 5.62. The lowest BCUT2D eigenvalue weighted by Crippen LogP contribution is -2.59. The Morgan fingerprint density at radius 3 is 2.58 bits per heavy atom. The zero-order valence-electron chi connectivity index (χ0n) is 15.2. The Labute approximate surface area is 145 Å². The molecule has 4 heteroatoms. The predicted octanol–water partition coefficient (Wildman–Crippen LogP) is 2.55. The Morgan fingerprint density at radius 2 is 1.88 bits per heavy atom. The summed E-state index contributed by atoms with van der Waals surface area (Å²) in [6.45, 7) is 4.31. The second-order valence-electron chi connectivity index (χ2n) is 9.44. The van der Waals surface area contributed by atoms with Crippen molar-refractivity contribution in [3.8, 4) is 0 Å². The van der Waals surface area contributed by atoms with Gasteiger partial charge in [-0.15, -0.1) is 0 Å². The minimum Gasteiger partial charge on any atom is -0.392 e. The normalized spacial score (nSPS) is 57.2. The zero-order chi connectivity index (χ0) is 17.3. The standard InChI is InChI=1S/C20H32O4/c1-19-7-6-12(24-3)8-11(19)4-5-13-14(19)9-16(22)20(2)17(23)10-15(21)18(13)20/h11-16,18,21-22H,4-10H2,1-3H3/t11-,12+,13+,14+,15-,16-,18+,19-,20+/m0/s1. The van der Waals surface area contributed by atoms with Crippen molar-refractivity contribution in [2.45, 2.75) is 77.1 Å². The maximum Gasteiger partial charge on any atom is 0.144 e. The van der Waals surface area contributed by atoms with Crippen molar-refractivity contribution >= 4 is 5.78 Å². The van der Waals surface area contributed by atoms with Gasteiger partial charge in [-0.25, -0.2) is 0 Å². The van der Waals surface area contributed by atoms with Crippen LogP contribution in [0.15, 0.2) is 0 Å². The molecule has 0 aromatic carbocycles. The molecule has 0 amide bonds. The lowest BCUT2D eigenvalue weighted by Gasteiger charge is -2.61. The first kappa shape index (κ1) is 17.0. The molecule has 0 saturated heterocycles. The van der Waals surface area contributed by atoms with Gasteiger partial charge in [0.1, 0.15) is 5.78 Å². The molecule has 4 aliphatic carbocycles. The lowest BCUT2D eigenvalue weighted by molar-refractivity contribution is -0.179. The highest BCUT2D eigenvalue weighted by atomic mass is 16.5. The molecule has 0 aromatic rings. The van der Waals surface area contributed by atoms with Crippen LogP contribution in [0.5, 0.6) is 0 Å². The Morgan fingerprint density at radius 1 is 1.12 bits per heavy atom. The van der Waals surface area contributed by atoms with Gasteiger partial charge in [0, 0.05) is 19.4 Å². The third-order valence-electron chi connectivity index (χ3n) is 8.76. The zero-order valence-corrected chi connectivity index (χ0v) is 15.2. The average Bonchev–Trinajstić information content (AvgIpc) is 2.79. The van der Waals surface area contributed by atoms with Gasteiger partial charge in [-0.2, -0.15) is 0 Å². The van der Waals surface area contributed by atoms with Gasteiger partial charge in [-0.05, 0) is 68.6 Å². The topological polar surface area (TPSA) is 66.8 Å². The molecule has 136 valence electrons. The molecule has 4 nitrogen and oxygen atoms in total. The number of hydrogen-bond acceptors (Lipinski definition) is 4. The SMILES string of the molecule is CO[C@@H]1CC[C@@]2(C)[C@@H](CC[C@H]3[C@@H]4[C@@H](O)CC(=O)[C@@]4(C)[C@@H](O)C[C@H]32)C1. The van der Waals surface area contributed by atoms with E-state index in [1.54, 1.807) is 0 Å². The number of Topliss-reactive ketones (excluding diaryl/α,β-unsaturated/α-hetero) is 1. The van der Waals surface area contributed by atoms with Gasteiger partial charge >= 0.3 is 0 Å². The first-order chi connectivity index (χ1) is 11.3. The quantitative estimate of drug-likeness (QED) is 0.772. The van der Waals surface area contributed by atoms with Gasteiger partial charge in [-0.3, -0.25) is 4.79 Å². The van der Waals surface area contributed by atoms with Gasteiger partial charge in [-0.1, -0.05) is 6.92 Å². The van der Waals surface area contributed by atoms with E-state index in [9.17, 15) is 15.0 Å². The number of fused-ring (bicyclic) bond motifs is 5. The molecule has 0 heterocycles. The Hall–Kier alpha value is -0.450. The van der Waals surface area contributed by atoms with E-state index < -0.39 is 17.6 Å². The number of aliphatic hydroxyl groups excluding tert-OH is 2. The van der Waals surface area contributed by atoms with Crippen molar-refractivity contribution < 1.29 is 19.7 Å². The van der Waals surface area contributed by atoms with Crippen LogP contribution in [0.3, 0.4) is 0 Å². The monoisotopic (exact) mass is 336 g/mol. The molecule has 0 bridgehead atoms. The fourth-order valence-electron chi connectivity index (χ4n) is 7.23. The Kier molecular flexibility index (Phi) is 3.91. The molecule has 24 heavy (non-hydrogen) atoms. The number of ketones is 1. The van der Waals surface area contributed by atoms with Crippen molar-refractivity contribution in [3.63, 3.8) is 0 Å². The van der Waals surface area contributed by atoms with E-state index in [-0.39, 0.29) is 23.5 Å². The Bertz CT molecular complexity index is 534. The van der Waals surface area contributed by atoms with E-state index in [1.165, 1.54) is 6.42 Å². The summed E-state index contributed by atoms with van der Waals surface area (Å²) in [5.41, 5.74) is -0.515. The summed E-state index contributed by atoms with van der Waals surface area (Å²) in [6, 6.07) is 0. The predicted molar refractivity (Wildman–Crippen MR) is 90.3 cm³/mol. The smallest absolute Gasteiger partial charge is 0.144 e. The van der Waals surface area contributed by atoms with Gasteiger partial charge in [0.05, 0.1) is 23.7 Å². The van der Waals surface area contributed by atoms with Crippen LogP contribution in [0.4, 0.5) is 0 Å². The summed E-state index contributed by atoms with van der Waals surface area (Å²) in [5, 5.41) is 21.5. The minimum absolute atomic E-state index is 0.0586. The molecule has 0 aliphatic heterocycles. The third kappa shape index (κ3) is 2.05. The number of carbonyl (C=O) groups excluding carboxylic acids is 1. The van der Waals surface area contributed by atoms with Crippen molar-refractivity contribution in [2.24, 2.45) is 34.5 Å². The highest BCUT2D eigenvalue weighted by molar-refractivity contribution is 5.88. The number of ether oxygens (including phenoxy) is 1. The minimum atomic E-state index is -0.729. The molecule has 4 saturated carbocycles. The van der Waals surface area contributed by atoms with Crippen LogP contribution >= 0.6 is 0 Å². The fourth-order valence-corrected chi connectivity index (χ4v) is 7.23. The summed E-state index contributed by atoms with van der Waals surface area (Å²) in [7, 11) is 1.81. The summed E-state index contributed by atoms with van der Waals surface area (Å²) in [6.07, 6.45) is 5.74. The summed E-state index contributed by atoms with van der Waals surface area (Å²) in [4.78, 5) is 12.5. The van der Waals surface area contributed by atoms with E-state index in [4.69, 9.17) is 4.74 Å². The van der Waals surface area contributed by atoms with Crippen LogP contribution in [-0.4, -0.2) is 41.4 Å². The molecule has 9 atom stereocenters. The largest absolute Gasteiger partial charge is 0.392 e. The van der Waals surface area contributed by atoms with E-state index in [1.807, 2.05) is 14.0 Å². The van der Waals surface area contributed by atoms with Crippen LogP contribution in [0.25, 0.3) is 0 Å². The van der Waals surface area contributed by atoms with E-state index >= 15 is 0 Å². The highest BCUT2D eigenvalue weighted by Gasteiger charge is 2.66. The molecule has 0 spiro atoms. The number of hydrogen-bond donors (Lipinski definition) is 2. The number of methoxy groups -OCH3 is 1. The van der Waals surface area contributed by atoms with Crippen molar-refractivity contribution in [1.82, 2.24) is 0 Å². The summed E-state index contributed by atoms with van der Waals surface area (Å²) in [5.74, 6) is 1.45. The second kappa shape index (κ2) is 5.52. The molecule has 4 fully saturated rings. The van der Waals surface area contributed by atoms with Crippen LogP contribution in [-0.2, 0) is 9.53 Å². The highest BCUT2D eigenvalue weighted by Crippen LogP contribution is 2.65. The molecule has 4 rings (SSSR count). The Balaban J connectivity index is 1.67. The molecular formula is C20H32O4. The molecule has 2 N–H and O–H groups in total. The third-order valence-corrected chi connectivity index (χ3v) is 8.76. The van der Waals surface area contributed by atoms with Crippen molar-refractivity contribution in [3.05, 3.63) is 0 Å². The fraction of sp³-hybridized carbons (Fsp3) is 0.950. The van der Waals surface area contributed by atoms with Gasteiger partial charge in [0.25, 0.3) is 0 Å². The van der Waals surface area contributed by atoms with Gasteiger partial charge < -0.3 is 14.9 Å². The van der Waals surface area contributed by atoms with Crippen molar-refractivity contribution in [2.75, 3.05) is 7.11 Å². The first-order valence-electron chi connectivity index (χ1n) is 9.74. The molecule has 0 aromatic heterocycles. The van der Waals surface area contributed by atoms with E-state index in [0.29, 0.717) is 23.9 Å². The molecule has 0 unspecified atom stereocenters. The van der Waals surface area contributed by atoms with Crippen LogP contribution in [0, 0.1) is 34.5 Å². The van der Waals surface area contributed by atoms with Crippen LogP contribution in [0.1, 0.15) is 58.8 Å². The maximum atomic E-state index is 12.5. The maximum absolute atomic E-state index is 12.5. The second-order valence-corrected chi connectivity index (χ2v) is 9.44. The molecular weight excluding hydrogens is 304 g/mol. The van der Waals surface area contributed by atoms with E-state index in [2.05, 4.69) is 6.92 Å². The lowest BCUT2D eigenvalue weighted by atomic mass is 9.44. The van der Waals surface area contributed by atoms with Crippen LogP contribution in [0.2, 0.25) is 0 Å². The van der Waals surface area contributed by atoms with E-state index in [0.717, 1.165) is 32.1 Å². The van der Waals surface area contributed by atoms with Gasteiger partial charge in [0.2, 0.25) is 0 Å². The van der Waals surface area contributed by atoms with Gasteiger partial charge in [0.15, 0.2) is 0 Å². The number of aliphatic hydroxyl groups is 2. The summed E-state index contributed by atoms with van der Waals surface area (Å²) >= 11 is 0. The molecule has 0 radical (unpaired) electrons. The molecule has 4 aliphatic rings.